The molecule has 0 amide bonds. The molecule has 0 aromatic rings. The zero-order valence-corrected chi connectivity index (χ0v) is 7.83. The molecule has 1 aliphatic carbocycles. The van der Waals surface area contributed by atoms with E-state index in [1.807, 2.05) is 0 Å². The van der Waals surface area contributed by atoms with Gasteiger partial charge in [-0.3, -0.25) is 4.79 Å². The Balaban J connectivity index is 1.73. The lowest BCUT2D eigenvalue weighted by Crippen LogP contribution is -2.26. The van der Waals surface area contributed by atoms with E-state index in [0.29, 0.717) is 18.6 Å². The first-order valence-electron chi connectivity index (χ1n) is 5.13. The first kappa shape index (κ1) is 9.16. The average molecular weight is 184 g/mol. The van der Waals surface area contributed by atoms with Gasteiger partial charge in [0.1, 0.15) is 5.78 Å². The molecule has 0 aromatic carbocycles. The second-order valence-corrected chi connectivity index (χ2v) is 3.84. The summed E-state index contributed by atoms with van der Waals surface area (Å²) in [4.78, 5) is 11.0. The molecule has 2 atom stereocenters. The lowest BCUT2D eigenvalue weighted by atomic mass is 10.2. The van der Waals surface area contributed by atoms with E-state index in [1.165, 1.54) is 6.42 Å². The number of rotatable bonds is 2. The molecule has 0 aromatic heterocycles. The molecule has 2 aliphatic rings. The predicted molar refractivity (Wildman–Crippen MR) is 47.3 cm³/mol. The average Bonchev–Trinajstić information content (AvgIpc) is 2.53. The van der Waals surface area contributed by atoms with Crippen LogP contribution in [0.3, 0.4) is 0 Å². The van der Waals surface area contributed by atoms with Crippen LogP contribution in [-0.4, -0.2) is 24.8 Å². The maximum absolute atomic E-state index is 11.0. The lowest BCUT2D eigenvalue weighted by Gasteiger charge is -2.25. The highest BCUT2D eigenvalue weighted by Crippen LogP contribution is 2.23. The van der Waals surface area contributed by atoms with Gasteiger partial charge in [-0.05, 0) is 25.7 Å². The van der Waals surface area contributed by atoms with Crippen LogP contribution in [0.2, 0.25) is 0 Å². The Morgan fingerprint density at radius 2 is 2.23 bits per heavy atom. The van der Waals surface area contributed by atoms with Gasteiger partial charge in [-0.25, -0.2) is 0 Å². The van der Waals surface area contributed by atoms with Crippen LogP contribution in [0.1, 0.15) is 38.5 Å². The molecule has 0 radical (unpaired) electrons. The van der Waals surface area contributed by atoms with Crippen LogP contribution >= 0.6 is 0 Å². The molecule has 2 fully saturated rings. The number of hydrogen-bond donors (Lipinski definition) is 0. The number of ketones is 1. The van der Waals surface area contributed by atoms with Crippen molar-refractivity contribution in [2.45, 2.75) is 50.9 Å². The van der Waals surface area contributed by atoms with Crippen LogP contribution in [-0.2, 0) is 14.3 Å². The van der Waals surface area contributed by atoms with E-state index in [4.69, 9.17) is 9.47 Å². The molecule has 1 heterocycles. The smallest absolute Gasteiger partial charge is 0.157 e. The van der Waals surface area contributed by atoms with Gasteiger partial charge in [0.05, 0.1) is 6.10 Å². The molecule has 1 aliphatic heterocycles. The van der Waals surface area contributed by atoms with E-state index < -0.39 is 0 Å². The van der Waals surface area contributed by atoms with Gasteiger partial charge in [-0.2, -0.15) is 0 Å². The Labute approximate surface area is 78.4 Å². The number of carbonyl (C=O) groups excluding carboxylic acids is 1. The van der Waals surface area contributed by atoms with E-state index in [0.717, 1.165) is 25.9 Å². The maximum atomic E-state index is 11.0. The van der Waals surface area contributed by atoms with E-state index in [-0.39, 0.29) is 12.4 Å². The minimum atomic E-state index is -0.0374. The third kappa shape index (κ3) is 2.51. The van der Waals surface area contributed by atoms with Crippen LogP contribution in [0.15, 0.2) is 0 Å². The number of carbonyl (C=O) groups is 1. The van der Waals surface area contributed by atoms with Crippen molar-refractivity contribution in [1.82, 2.24) is 0 Å². The number of ether oxygens (including phenoxy) is 2. The summed E-state index contributed by atoms with van der Waals surface area (Å²) in [6.45, 7) is 0.811. The van der Waals surface area contributed by atoms with Crippen molar-refractivity contribution in [3.63, 3.8) is 0 Å². The molecular weight excluding hydrogens is 168 g/mol. The fourth-order valence-electron chi connectivity index (χ4n) is 1.93. The molecule has 2 unspecified atom stereocenters. The Hall–Kier alpha value is -0.410. The summed E-state index contributed by atoms with van der Waals surface area (Å²) < 4.78 is 11.1. The normalized spacial score (nSPS) is 35.2. The first-order chi connectivity index (χ1) is 6.34. The van der Waals surface area contributed by atoms with Crippen molar-refractivity contribution in [2.24, 2.45) is 0 Å². The minimum absolute atomic E-state index is 0.0374. The second kappa shape index (κ2) is 4.20. The maximum Gasteiger partial charge on any atom is 0.157 e. The number of hydrogen-bond acceptors (Lipinski definition) is 3. The standard InChI is InChI=1S/C10H16O3/c11-8-4-5-9(7-8)13-10-3-1-2-6-12-10/h9-10H,1-7H2. The zero-order valence-electron chi connectivity index (χ0n) is 7.83. The molecule has 1 saturated carbocycles. The molecule has 1 saturated heterocycles. The molecule has 3 nitrogen and oxygen atoms in total. The van der Waals surface area contributed by atoms with Crippen LogP contribution < -0.4 is 0 Å². The van der Waals surface area contributed by atoms with E-state index in [1.54, 1.807) is 0 Å². The van der Waals surface area contributed by atoms with Crippen LogP contribution in [0, 0.1) is 0 Å². The summed E-state index contributed by atoms with van der Waals surface area (Å²) in [5.41, 5.74) is 0. The summed E-state index contributed by atoms with van der Waals surface area (Å²) in [5.74, 6) is 0.334. The Bertz CT molecular complexity index is 185. The number of Topliss-reactive ketones (excluding diaryl/α,β-unsaturated/α-hetero) is 1. The van der Waals surface area contributed by atoms with Gasteiger partial charge in [0.25, 0.3) is 0 Å². The fourth-order valence-corrected chi connectivity index (χ4v) is 1.93. The van der Waals surface area contributed by atoms with E-state index in [2.05, 4.69) is 0 Å². The Kier molecular flexibility index (Phi) is 2.96. The van der Waals surface area contributed by atoms with Crippen molar-refractivity contribution < 1.29 is 14.3 Å². The molecule has 0 N–H and O–H groups in total. The van der Waals surface area contributed by atoms with Gasteiger partial charge in [-0.1, -0.05) is 0 Å². The van der Waals surface area contributed by atoms with Gasteiger partial charge in [-0.15, -0.1) is 0 Å². The third-order valence-electron chi connectivity index (χ3n) is 2.68. The highest BCUT2D eigenvalue weighted by Gasteiger charge is 2.26. The molecular formula is C10H16O3. The van der Waals surface area contributed by atoms with E-state index >= 15 is 0 Å². The molecule has 3 heteroatoms. The van der Waals surface area contributed by atoms with Crippen molar-refractivity contribution >= 4 is 5.78 Å². The van der Waals surface area contributed by atoms with Crippen LogP contribution in [0.4, 0.5) is 0 Å². The van der Waals surface area contributed by atoms with Gasteiger partial charge in [0.2, 0.25) is 0 Å². The predicted octanol–water partition coefficient (Wildman–Crippen LogP) is 1.65. The van der Waals surface area contributed by atoms with Gasteiger partial charge >= 0.3 is 0 Å². The van der Waals surface area contributed by atoms with Gasteiger partial charge in [0, 0.05) is 19.4 Å². The third-order valence-corrected chi connectivity index (χ3v) is 2.68. The summed E-state index contributed by atoms with van der Waals surface area (Å²) in [7, 11) is 0. The highest BCUT2D eigenvalue weighted by molar-refractivity contribution is 5.81. The quantitative estimate of drug-likeness (QED) is 0.654. The van der Waals surface area contributed by atoms with Crippen molar-refractivity contribution in [3.05, 3.63) is 0 Å². The summed E-state index contributed by atoms with van der Waals surface area (Å²) in [6, 6.07) is 0. The lowest BCUT2D eigenvalue weighted by molar-refractivity contribution is -0.186. The van der Waals surface area contributed by atoms with Crippen molar-refractivity contribution in [1.29, 1.82) is 0 Å². The molecule has 74 valence electrons. The van der Waals surface area contributed by atoms with Crippen molar-refractivity contribution in [3.8, 4) is 0 Å². The van der Waals surface area contributed by atoms with Gasteiger partial charge in [0.15, 0.2) is 6.29 Å². The summed E-state index contributed by atoms with van der Waals surface area (Å²) >= 11 is 0. The molecule has 0 spiro atoms. The van der Waals surface area contributed by atoms with Crippen LogP contribution in [0.5, 0.6) is 0 Å². The highest BCUT2D eigenvalue weighted by atomic mass is 16.7. The first-order valence-corrected chi connectivity index (χ1v) is 5.13. The van der Waals surface area contributed by atoms with E-state index in [9.17, 15) is 4.79 Å². The molecule has 2 rings (SSSR count). The molecule has 0 bridgehead atoms. The summed E-state index contributed by atoms with van der Waals surface area (Å²) in [5, 5.41) is 0. The SMILES string of the molecule is O=C1CCC(OC2CCCCO2)C1. The molecule has 13 heavy (non-hydrogen) atoms. The second-order valence-electron chi connectivity index (χ2n) is 3.84. The topological polar surface area (TPSA) is 35.5 Å². The van der Waals surface area contributed by atoms with Crippen molar-refractivity contribution in [2.75, 3.05) is 6.61 Å². The van der Waals surface area contributed by atoms with Gasteiger partial charge < -0.3 is 9.47 Å². The Morgan fingerprint density at radius 1 is 1.31 bits per heavy atom. The monoisotopic (exact) mass is 184 g/mol. The summed E-state index contributed by atoms with van der Waals surface area (Å²) in [6.07, 6.45) is 5.59. The van der Waals surface area contributed by atoms with Crippen LogP contribution in [0.25, 0.3) is 0 Å². The minimum Gasteiger partial charge on any atom is -0.353 e. The Morgan fingerprint density at radius 3 is 2.85 bits per heavy atom. The fraction of sp³-hybridized carbons (Fsp3) is 0.900. The largest absolute Gasteiger partial charge is 0.353 e. The zero-order chi connectivity index (χ0) is 9.10.